The van der Waals surface area contributed by atoms with Crippen LogP contribution in [0.25, 0.3) is 0 Å². The summed E-state index contributed by atoms with van der Waals surface area (Å²) in [6.45, 7) is 0. The highest BCUT2D eigenvalue weighted by atomic mass is 79.9. The lowest BCUT2D eigenvalue weighted by molar-refractivity contribution is -0.142. The minimum Gasteiger partial charge on any atom is -0.480 e. The van der Waals surface area contributed by atoms with Crippen molar-refractivity contribution in [3.63, 3.8) is 0 Å². The van der Waals surface area contributed by atoms with Crippen molar-refractivity contribution in [2.24, 2.45) is 0 Å². The van der Waals surface area contributed by atoms with Gasteiger partial charge in [0.2, 0.25) is 0 Å². The number of carboxylic acid groups (broad SMARTS) is 1. The minimum atomic E-state index is -0.792. The summed E-state index contributed by atoms with van der Waals surface area (Å²) in [6, 6.07) is 7.24. The molecule has 0 radical (unpaired) electrons. The van der Waals surface area contributed by atoms with Crippen LogP contribution in [0, 0.1) is 0 Å². The van der Waals surface area contributed by atoms with E-state index in [-0.39, 0.29) is 0 Å². The third-order valence-corrected chi connectivity index (χ3v) is 2.72. The summed E-state index contributed by atoms with van der Waals surface area (Å²) in [5.41, 5.74) is 1.02. The van der Waals surface area contributed by atoms with Gasteiger partial charge in [-0.15, -0.1) is 0 Å². The Hall–Kier alpha value is -0.870. The first kappa shape index (κ1) is 12.2. The van der Waals surface area contributed by atoms with Crippen LogP contribution in [-0.2, 0) is 11.2 Å². The predicted octanol–water partition coefficient (Wildman–Crippen LogP) is 2.01. The molecular weight excluding hydrogens is 258 g/mol. The number of likely N-dealkylation sites (N-methyl/N-ethyl adjacent to an activating group) is 1. The summed E-state index contributed by atoms with van der Waals surface area (Å²) < 4.78 is 0.975. The Balaban J connectivity index is 2.79. The smallest absolute Gasteiger partial charge is 0.321 e. The van der Waals surface area contributed by atoms with Gasteiger partial charge in [-0.3, -0.25) is 9.69 Å². The summed E-state index contributed by atoms with van der Waals surface area (Å²) in [7, 11) is 3.55. The molecular formula is C11H14BrNO2. The predicted molar refractivity (Wildman–Crippen MR) is 63.0 cm³/mol. The van der Waals surface area contributed by atoms with Crippen LogP contribution >= 0.6 is 15.9 Å². The van der Waals surface area contributed by atoms with Crippen molar-refractivity contribution in [1.29, 1.82) is 0 Å². The van der Waals surface area contributed by atoms with Crippen molar-refractivity contribution in [3.05, 3.63) is 34.3 Å². The van der Waals surface area contributed by atoms with Crippen LogP contribution in [0.5, 0.6) is 0 Å². The molecule has 0 spiro atoms. The number of nitrogens with zero attached hydrogens (tertiary/aromatic N) is 1. The molecule has 4 heteroatoms. The topological polar surface area (TPSA) is 40.5 Å². The van der Waals surface area contributed by atoms with Crippen LogP contribution in [0.15, 0.2) is 28.7 Å². The van der Waals surface area contributed by atoms with E-state index in [1.165, 1.54) is 0 Å². The van der Waals surface area contributed by atoms with Gasteiger partial charge in [-0.25, -0.2) is 0 Å². The SMILES string of the molecule is CN(C)[C@@H](Cc1cccc(Br)c1)C(=O)O. The second-order valence-corrected chi connectivity index (χ2v) is 4.57. The number of hydrogen-bond donors (Lipinski definition) is 1. The van der Waals surface area contributed by atoms with Crippen LogP contribution in [0.3, 0.4) is 0 Å². The zero-order valence-corrected chi connectivity index (χ0v) is 10.4. The maximum Gasteiger partial charge on any atom is 0.321 e. The Labute approximate surface area is 97.8 Å². The summed E-state index contributed by atoms with van der Waals surface area (Å²) in [5, 5.41) is 9.02. The van der Waals surface area contributed by atoms with Gasteiger partial charge in [0.1, 0.15) is 6.04 Å². The normalized spacial score (nSPS) is 12.8. The molecule has 82 valence electrons. The average Bonchev–Trinajstić information content (AvgIpc) is 2.13. The van der Waals surface area contributed by atoms with E-state index in [9.17, 15) is 4.79 Å². The minimum absolute atomic E-state index is 0.473. The monoisotopic (exact) mass is 271 g/mol. The first-order chi connectivity index (χ1) is 7.00. The lowest BCUT2D eigenvalue weighted by Gasteiger charge is -2.19. The average molecular weight is 272 g/mol. The molecule has 0 aliphatic heterocycles. The number of hydrogen-bond acceptors (Lipinski definition) is 2. The highest BCUT2D eigenvalue weighted by Gasteiger charge is 2.19. The van der Waals surface area contributed by atoms with E-state index in [0.29, 0.717) is 6.42 Å². The van der Waals surface area contributed by atoms with Crippen LogP contribution in [0.4, 0.5) is 0 Å². The molecule has 0 aromatic heterocycles. The zero-order valence-electron chi connectivity index (χ0n) is 8.77. The van der Waals surface area contributed by atoms with Gasteiger partial charge in [0.05, 0.1) is 0 Å². The molecule has 0 aliphatic rings. The van der Waals surface area contributed by atoms with Crippen molar-refractivity contribution < 1.29 is 9.90 Å². The van der Waals surface area contributed by atoms with Crippen molar-refractivity contribution >= 4 is 21.9 Å². The molecule has 0 aliphatic carbocycles. The molecule has 0 fully saturated rings. The quantitative estimate of drug-likeness (QED) is 0.911. The number of carboxylic acids is 1. The third-order valence-electron chi connectivity index (χ3n) is 2.23. The van der Waals surface area contributed by atoms with E-state index in [2.05, 4.69) is 15.9 Å². The molecule has 0 unspecified atom stereocenters. The Kier molecular flexibility index (Phi) is 4.29. The number of rotatable bonds is 4. The van der Waals surface area contributed by atoms with Gasteiger partial charge in [-0.1, -0.05) is 28.1 Å². The van der Waals surface area contributed by atoms with Crippen LogP contribution in [-0.4, -0.2) is 36.1 Å². The fourth-order valence-electron chi connectivity index (χ4n) is 1.38. The molecule has 0 heterocycles. The molecule has 1 aromatic carbocycles. The molecule has 15 heavy (non-hydrogen) atoms. The molecule has 0 bridgehead atoms. The number of carbonyl (C=O) groups is 1. The van der Waals surface area contributed by atoms with Crippen LogP contribution in [0.1, 0.15) is 5.56 Å². The van der Waals surface area contributed by atoms with E-state index in [1.54, 1.807) is 19.0 Å². The van der Waals surface area contributed by atoms with Gasteiger partial charge in [-0.05, 0) is 38.2 Å². The Morgan fingerprint density at radius 2 is 2.20 bits per heavy atom. The van der Waals surface area contributed by atoms with Crippen LogP contribution in [0.2, 0.25) is 0 Å². The summed E-state index contributed by atoms with van der Waals surface area (Å²) in [6.07, 6.45) is 0.516. The molecule has 0 saturated heterocycles. The van der Waals surface area contributed by atoms with E-state index < -0.39 is 12.0 Å². The Morgan fingerprint density at radius 3 is 2.67 bits per heavy atom. The largest absolute Gasteiger partial charge is 0.480 e. The van der Waals surface area contributed by atoms with E-state index in [4.69, 9.17) is 5.11 Å². The summed E-state index contributed by atoms with van der Waals surface area (Å²) in [5.74, 6) is -0.792. The van der Waals surface area contributed by atoms with E-state index in [0.717, 1.165) is 10.0 Å². The van der Waals surface area contributed by atoms with E-state index >= 15 is 0 Å². The Bertz CT molecular complexity index is 352. The number of aliphatic carboxylic acids is 1. The zero-order chi connectivity index (χ0) is 11.4. The lowest BCUT2D eigenvalue weighted by atomic mass is 10.1. The second kappa shape index (κ2) is 5.28. The fraction of sp³-hybridized carbons (Fsp3) is 0.364. The van der Waals surface area contributed by atoms with Gasteiger partial charge in [0.15, 0.2) is 0 Å². The first-order valence-electron chi connectivity index (χ1n) is 4.64. The first-order valence-corrected chi connectivity index (χ1v) is 5.43. The number of halogens is 1. The molecule has 0 saturated carbocycles. The second-order valence-electron chi connectivity index (χ2n) is 3.65. The van der Waals surface area contributed by atoms with Crippen LogP contribution < -0.4 is 0 Å². The lowest BCUT2D eigenvalue weighted by Crippen LogP contribution is -2.37. The molecule has 0 amide bonds. The van der Waals surface area contributed by atoms with Gasteiger partial charge in [-0.2, -0.15) is 0 Å². The maximum atomic E-state index is 11.0. The highest BCUT2D eigenvalue weighted by Crippen LogP contribution is 2.14. The molecule has 3 nitrogen and oxygen atoms in total. The standard InChI is InChI=1S/C11H14BrNO2/c1-13(2)10(11(14)15)7-8-4-3-5-9(12)6-8/h3-6,10H,7H2,1-2H3,(H,14,15)/t10-/m0/s1. The number of benzene rings is 1. The van der Waals surface area contributed by atoms with Crippen molar-refractivity contribution in [1.82, 2.24) is 4.90 Å². The maximum absolute atomic E-state index is 11.0. The van der Waals surface area contributed by atoms with Crippen molar-refractivity contribution in [2.45, 2.75) is 12.5 Å². The van der Waals surface area contributed by atoms with Gasteiger partial charge in [0.25, 0.3) is 0 Å². The summed E-state index contributed by atoms with van der Waals surface area (Å²) >= 11 is 3.37. The highest BCUT2D eigenvalue weighted by molar-refractivity contribution is 9.10. The van der Waals surface area contributed by atoms with Gasteiger partial charge in [0, 0.05) is 4.47 Å². The van der Waals surface area contributed by atoms with Crippen molar-refractivity contribution in [2.75, 3.05) is 14.1 Å². The van der Waals surface area contributed by atoms with E-state index in [1.807, 2.05) is 24.3 Å². The van der Waals surface area contributed by atoms with Gasteiger partial charge >= 0.3 is 5.97 Å². The fourth-order valence-corrected chi connectivity index (χ4v) is 1.82. The molecule has 1 atom stereocenters. The Morgan fingerprint density at radius 1 is 1.53 bits per heavy atom. The molecule has 1 aromatic rings. The molecule has 1 N–H and O–H groups in total. The third kappa shape index (κ3) is 3.64. The van der Waals surface area contributed by atoms with Crippen molar-refractivity contribution in [3.8, 4) is 0 Å². The molecule has 1 rings (SSSR count). The summed E-state index contributed by atoms with van der Waals surface area (Å²) in [4.78, 5) is 12.7. The van der Waals surface area contributed by atoms with Gasteiger partial charge < -0.3 is 5.11 Å².